The van der Waals surface area contributed by atoms with Crippen LogP contribution in [0.3, 0.4) is 0 Å². The van der Waals surface area contributed by atoms with Crippen molar-refractivity contribution in [1.29, 1.82) is 0 Å². The minimum absolute atomic E-state index is 0.0119. The highest BCUT2D eigenvalue weighted by Gasteiger charge is 2.39. The number of aromatic nitrogens is 1. The summed E-state index contributed by atoms with van der Waals surface area (Å²) < 4.78 is 14.4. The lowest BCUT2D eigenvalue weighted by molar-refractivity contribution is -0.133. The number of halogens is 1. The molecule has 12 nitrogen and oxygen atoms in total. The second kappa shape index (κ2) is 15.3. The lowest BCUT2D eigenvalue weighted by atomic mass is 10.00. The van der Waals surface area contributed by atoms with Crippen LogP contribution >= 0.6 is 11.3 Å². The first-order chi connectivity index (χ1) is 26.7. The fraction of sp³-hybridized carbons (Fsp3) is 0.244. The Morgan fingerprint density at radius 1 is 0.945 bits per heavy atom. The molecule has 4 amide bonds. The van der Waals surface area contributed by atoms with Crippen molar-refractivity contribution < 1.29 is 28.7 Å². The molecule has 3 aliphatic rings. The molecule has 4 aromatic carbocycles. The van der Waals surface area contributed by atoms with Gasteiger partial charge in [-0.25, -0.2) is 9.37 Å². The van der Waals surface area contributed by atoms with Crippen molar-refractivity contribution in [3.05, 3.63) is 125 Å². The monoisotopic (exact) mass is 759 g/mol. The number of aromatic hydroxyl groups is 1. The van der Waals surface area contributed by atoms with Gasteiger partial charge in [-0.2, -0.15) is 0 Å². The van der Waals surface area contributed by atoms with Crippen LogP contribution in [-0.4, -0.2) is 75.7 Å². The molecule has 5 aromatic rings. The molecule has 0 aliphatic carbocycles. The van der Waals surface area contributed by atoms with Crippen LogP contribution in [0.25, 0.3) is 11.1 Å². The Bertz CT molecular complexity index is 2240. The number of amides is 4. The van der Waals surface area contributed by atoms with Crippen LogP contribution in [0.1, 0.15) is 45.9 Å². The number of phenolic OH excluding ortho intramolecular Hbond substituents is 1. The maximum Gasteiger partial charge on any atom is 0.255 e. The van der Waals surface area contributed by atoms with Crippen LogP contribution in [0.2, 0.25) is 0 Å². The van der Waals surface area contributed by atoms with Gasteiger partial charge < -0.3 is 20.2 Å². The number of nitrogens with zero attached hydrogens (tertiary/aromatic N) is 4. The Kier molecular flexibility index (Phi) is 10.00. The number of imide groups is 1. The number of benzene rings is 4. The van der Waals surface area contributed by atoms with E-state index in [1.807, 2.05) is 42.5 Å². The molecular formula is C41H38FN7O5S. The van der Waals surface area contributed by atoms with Gasteiger partial charge in [0.2, 0.25) is 11.8 Å². The minimum atomic E-state index is -1.29. The second-order valence-corrected chi connectivity index (χ2v) is 14.8. The van der Waals surface area contributed by atoms with Crippen LogP contribution in [0, 0.1) is 5.82 Å². The van der Waals surface area contributed by atoms with E-state index in [4.69, 9.17) is 0 Å². The molecule has 2 saturated heterocycles. The van der Waals surface area contributed by atoms with Crippen LogP contribution < -0.4 is 20.9 Å². The van der Waals surface area contributed by atoms with E-state index in [1.54, 1.807) is 5.38 Å². The molecule has 1 aromatic heterocycles. The van der Waals surface area contributed by atoms with E-state index >= 15 is 0 Å². The lowest BCUT2D eigenvalue weighted by Gasteiger charge is -2.36. The summed E-state index contributed by atoms with van der Waals surface area (Å²) in [5.41, 5.74) is 6.09. The zero-order chi connectivity index (χ0) is 38.1. The molecule has 55 heavy (non-hydrogen) atoms. The molecular weight excluding hydrogens is 722 g/mol. The van der Waals surface area contributed by atoms with E-state index in [1.165, 1.54) is 34.1 Å². The van der Waals surface area contributed by atoms with Crippen LogP contribution in [0.4, 0.5) is 20.9 Å². The van der Waals surface area contributed by atoms with Gasteiger partial charge in [0, 0.05) is 79.8 Å². The predicted molar refractivity (Wildman–Crippen MR) is 207 cm³/mol. The number of hydrogen-bond acceptors (Lipinski definition) is 10. The van der Waals surface area contributed by atoms with Gasteiger partial charge in [0.1, 0.15) is 23.7 Å². The fourth-order valence-electron chi connectivity index (χ4n) is 7.39. The van der Waals surface area contributed by atoms with Crippen molar-refractivity contribution in [3.63, 3.8) is 0 Å². The third kappa shape index (κ3) is 7.77. The van der Waals surface area contributed by atoms with E-state index in [-0.39, 0.29) is 29.7 Å². The summed E-state index contributed by atoms with van der Waals surface area (Å²) in [5.74, 6) is -2.44. The smallest absolute Gasteiger partial charge is 0.255 e. The number of carbonyl (C=O) groups is 4. The highest BCUT2D eigenvalue weighted by Crippen LogP contribution is 2.38. The Balaban J connectivity index is 0.892. The highest BCUT2D eigenvalue weighted by atomic mass is 32.1. The number of thiazole rings is 1. The molecule has 2 atom stereocenters. The van der Waals surface area contributed by atoms with E-state index in [0.29, 0.717) is 23.5 Å². The third-order valence-corrected chi connectivity index (χ3v) is 11.0. The van der Waals surface area contributed by atoms with Crippen molar-refractivity contribution in [2.45, 2.75) is 38.0 Å². The number of hydrogen-bond donors (Lipinski definition) is 4. The maximum atomic E-state index is 14.4. The first kappa shape index (κ1) is 35.9. The number of carbonyl (C=O) groups excluding carboxylic acids is 4. The standard InChI is InChI=1S/C41H38FN7O5S/c42-29-7-13-35(50)33(22-29)37(39(53)46-41-43-15-20-55-41)49-24-28-4-3-27(21-32(28)40(49)54)26-5-10-31(11-6-26)48-18-16-47(17-19-48)23-25-1-8-30(9-2-25)44-34-12-14-36(51)45-38(34)52/h1-11,13,15,20-22,34,37,44,50H,12,14,16-19,23-24H2,(H,43,46,53)(H,45,51,52). The molecule has 14 heteroatoms. The number of piperazine rings is 1. The topological polar surface area (TPSA) is 147 Å². The average Bonchev–Trinajstić information content (AvgIpc) is 3.82. The van der Waals surface area contributed by atoms with E-state index in [2.05, 4.69) is 55.0 Å². The predicted octanol–water partition coefficient (Wildman–Crippen LogP) is 5.53. The summed E-state index contributed by atoms with van der Waals surface area (Å²) in [4.78, 5) is 61.3. The summed E-state index contributed by atoms with van der Waals surface area (Å²) in [5, 5.41) is 21.0. The summed E-state index contributed by atoms with van der Waals surface area (Å²) in [6, 6.07) is 23.6. The Hall–Kier alpha value is -6.12. The van der Waals surface area contributed by atoms with Crippen LogP contribution in [0.15, 0.2) is 96.5 Å². The first-order valence-electron chi connectivity index (χ1n) is 18.1. The minimum Gasteiger partial charge on any atom is -0.508 e. The Morgan fingerprint density at radius 3 is 2.44 bits per heavy atom. The first-order valence-corrected chi connectivity index (χ1v) is 19.0. The molecule has 2 fully saturated rings. The summed E-state index contributed by atoms with van der Waals surface area (Å²) in [6.07, 6.45) is 2.36. The molecule has 4 N–H and O–H groups in total. The van der Waals surface area contributed by atoms with Gasteiger partial charge in [0.25, 0.3) is 11.8 Å². The van der Waals surface area contributed by atoms with E-state index in [0.717, 1.165) is 72.9 Å². The number of piperidine rings is 1. The maximum absolute atomic E-state index is 14.4. The van der Waals surface area contributed by atoms with Crippen molar-refractivity contribution >= 4 is 51.5 Å². The van der Waals surface area contributed by atoms with Crippen molar-refractivity contribution in [3.8, 4) is 16.9 Å². The van der Waals surface area contributed by atoms with Gasteiger partial charge in [-0.05, 0) is 77.2 Å². The fourth-order valence-corrected chi connectivity index (χ4v) is 7.92. The molecule has 0 bridgehead atoms. The zero-order valence-corrected chi connectivity index (χ0v) is 30.5. The number of nitrogens with one attached hydrogen (secondary N) is 3. The number of rotatable bonds is 10. The van der Waals surface area contributed by atoms with Gasteiger partial charge in [0.05, 0.1) is 0 Å². The Labute approximate surface area is 320 Å². The van der Waals surface area contributed by atoms with Gasteiger partial charge in [-0.15, -0.1) is 11.3 Å². The SMILES string of the molecule is O=C1CCC(Nc2ccc(CN3CCN(c4ccc(-c5ccc6c(c5)C(=O)N(C(C(=O)Nc5nccs5)c5cc(F)ccc5O)C6)cc4)CC3)cc2)C(=O)N1. The quantitative estimate of drug-likeness (QED) is 0.135. The highest BCUT2D eigenvalue weighted by molar-refractivity contribution is 7.13. The lowest BCUT2D eigenvalue weighted by Crippen LogP contribution is -2.47. The molecule has 0 saturated carbocycles. The number of fused-ring (bicyclic) bond motifs is 1. The summed E-state index contributed by atoms with van der Waals surface area (Å²) in [7, 11) is 0. The molecule has 3 aliphatic heterocycles. The Morgan fingerprint density at radius 2 is 1.71 bits per heavy atom. The second-order valence-electron chi connectivity index (χ2n) is 13.9. The summed E-state index contributed by atoms with van der Waals surface area (Å²) >= 11 is 1.21. The van der Waals surface area contributed by atoms with Gasteiger partial charge >= 0.3 is 0 Å². The third-order valence-electron chi connectivity index (χ3n) is 10.3. The molecule has 4 heterocycles. The zero-order valence-electron chi connectivity index (χ0n) is 29.7. The van der Waals surface area contributed by atoms with E-state index < -0.39 is 29.7 Å². The average molecular weight is 760 g/mol. The molecule has 2 unspecified atom stereocenters. The van der Waals surface area contributed by atoms with Crippen LogP contribution in [0.5, 0.6) is 5.75 Å². The molecule has 8 rings (SSSR count). The van der Waals surface area contributed by atoms with Gasteiger partial charge in [0.15, 0.2) is 5.13 Å². The number of phenols is 1. The van der Waals surface area contributed by atoms with Crippen LogP contribution in [-0.2, 0) is 27.5 Å². The molecule has 0 spiro atoms. The van der Waals surface area contributed by atoms with Gasteiger partial charge in [-0.1, -0.05) is 36.4 Å². The normalized spacial score (nSPS) is 17.8. The largest absolute Gasteiger partial charge is 0.508 e. The molecule has 280 valence electrons. The van der Waals surface area contributed by atoms with Crippen molar-refractivity contribution in [2.24, 2.45) is 0 Å². The van der Waals surface area contributed by atoms with Crippen molar-refractivity contribution in [1.82, 2.24) is 20.1 Å². The molecule has 0 radical (unpaired) electrons. The summed E-state index contributed by atoms with van der Waals surface area (Å²) in [6.45, 7) is 4.47. The van der Waals surface area contributed by atoms with Crippen molar-refractivity contribution in [2.75, 3.05) is 41.7 Å². The van der Waals surface area contributed by atoms with Gasteiger partial charge in [-0.3, -0.25) is 34.7 Å². The van der Waals surface area contributed by atoms with E-state index in [9.17, 15) is 28.7 Å². The number of anilines is 3.